The van der Waals surface area contributed by atoms with E-state index in [1.54, 1.807) is 47.2 Å². The molecule has 1 aliphatic rings. The van der Waals surface area contributed by atoms with Crippen molar-refractivity contribution in [3.63, 3.8) is 0 Å². The Hall–Kier alpha value is -3.03. The standard InChI is InChI=1S/C16H18N4O4/c1-23-13-4-2-3-12(11-13)15(21)19-6-8-20(9-7-19)16(22)17-14-5-10-24-18-14/h2-5,10-11H,6-9H2,1H3,(H,17,18,22). The Labute approximate surface area is 139 Å². The van der Waals surface area contributed by atoms with E-state index in [0.717, 1.165) is 0 Å². The quantitative estimate of drug-likeness (QED) is 0.925. The van der Waals surface area contributed by atoms with Crippen molar-refractivity contribution in [3.05, 3.63) is 42.2 Å². The fraction of sp³-hybridized carbons (Fsp3) is 0.312. The summed E-state index contributed by atoms with van der Waals surface area (Å²) < 4.78 is 9.82. The summed E-state index contributed by atoms with van der Waals surface area (Å²) in [6, 6.07) is 8.37. The zero-order valence-electron chi connectivity index (χ0n) is 13.3. The molecule has 24 heavy (non-hydrogen) atoms. The Kier molecular flexibility index (Phi) is 4.64. The van der Waals surface area contributed by atoms with Crippen LogP contribution < -0.4 is 10.1 Å². The summed E-state index contributed by atoms with van der Waals surface area (Å²) in [5.74, 6) is 0.951. The summed E-state index contributed by atoms with van der Waals surface area (Å²) in [6.45, 7) is 1.86. The molecule has 3 rings (SSSR count). The van der Waals surface area contributed by atoms with Crippen molar-refractivity contribution in [2.75, 3.05) is 38.6 Å². The highest BCUT2D eigenvalue weighted by Gasteiger charge is 2.25. The normalized spacial score (nSPS) is 14.4. The number of aromatic nitrogens is 1. The van der Waals surface area contributed by atoms with Crippen LogP contribution in [0.1, 0.15) is 10.4 Å². The molecule has 8 nitrogen and oxygen atoms in total. The summed E-state index contributed by atoms with van der Waals surface area (Å²) in [6.07, 6.45) is 1.39. The summed E-state index contributed by atoms with van der Waals surface area (Å²) in [4.78, 5) is 28.0. The molecule has 8 heteroatoms. The number of rotatable bonds is 3. The first-order chi connectivity index (χ1) is 11.7. The monoisotopic (exact) mass is 330 g/mol. The van der Waals surface area contributed by atoms with Crippen LogP contribution in [0.4, 0.5) is 10.6 Å². The number of urea groups is 1. The molecule has 1 aromatic heterocycles. The Morgan fingerprint density at radius 1 is 1.17 bits per heavy atom. The van der Waals surface area contributed by atoms with Crippen LogP contribution in [0.2, 0.25) is 0 Å². The molecule has 0 bridgehead atoms. The van der Waals surface area contributed by atoms with Crippen molar-refractivity contribution in [3.8, 4) is 5.75 Å². The minimum Gasteiger partial charge on any atom is -0.497 e. The van der Waals surface area contributed by atoms with E-state index >= 15 is 0 Å². The van der Waals surface area contributed by atoms with E-state index in [9.17, 15) is 9.59 Å². The molecule has 2 aromatic rings. The first-order valence-electron chi connectivity index (χ1n) is 7.57. The van der Waals surface area contributed by atoms with Crippen LogP contribution in [0.3, 0.4) is 0 Å². The highest BCUT2D eigenvalue weighted by molar-refractivity contribution is 5.95. The minimum atomic E-state index is -0.252. The van der Waals surface area contributed by atoms with Crippen molar-refractivity contribution in [1.29, 1.82) is 0 Å². The van der Waals surface area contributed by atoms with Gasteiger partial charge < -0.3 is 19.1 Å². The number of ether oxygens (including phenoxy) is 1. The van der Waals surface area contributed by atoms with Gasteiger partial charge in [0, 0.05) is 37.8 Å². The highest BCUT2D eigenvalue weighted by atomic mass is 16.5. The van der Waals surface area contributed by atoms with Crippen molar-refractivity contribution in [2.24, 2.45) is 0 Å². The molecule has 0 aliphatic carbocycles. The molecule has 1 aliphatic heterocycles. The fourth-order valence-electron chi connectivity index (χ4n) is 2.52. The third-order valence-corrected chi connectivity index (χ3v) is 3.84. The van der Waals surface area contributed by atoms with Gasteiger partial charge in [-0.2, -0.15) is 0 Å². The molecule has 0 radical (unpaired) electrons. The van der Waals surface area contributed by atoms with E-state index in [2.05, 4.69) is 15.0 Å². The molecule has 0 spiro atoms. The van der Waals surface area contributed by atoms with Gasteiger partial charge in [-0.25, -0.2) is 4.79 Å². The lowest BCUT2D eigenvalue weighted by molar-refractivity contribution is 0.0671. The molecular weight excluding hydrogens is 312 g/mol. The van der Waals surface area contributed by atoms with Crippen LogP contribution in [0.15, 0.2) is 41.1 Å². The average Bonchev–Trinajstić information content (AvgIpc) is 3.14. The number of carbonyl (C=O) groups excluding carboxylic acids is 2. The number of benzene rings is 1. The fourth-order valence-corrected chi connectivity index (χ4v) is 2.52. The summed E-state index contributed by atoms with van der Waals surface area (Å²) in [7, 11) is 1.57. The van der Waals surface area contributed by atoms with Crippen molar-refractivity contribution in [1.82, 2.24) is 15.0 Å². The second-order valence-electron chi connectivity index (χ2n) is 5.33. The van der Waals surface area contributed by atoms with E-state index in [-0.39, 0.29) is 11.9 Å². The summed E-state index contributed by atoms with van der Waals surface area (Å²) in [5, 5.41) is 6.28. The Bertz CT molecular complexity index is 709. The van der Waals surface area contributed by atoms with Crippen molar-refractivity contribution in [2.45, 2.75) is 0 Å². The number of nitrogens with one attached hydrogen (secondary N) is 1. The number of piperazine rings is 1. The van der Waals surface area contributed by atoms with Crippen molar-refractivity contribution < 1.29 is 18.8 Å². The molecule has 126 valence electrons. The van der Waals surface area contributed by atoms with E-state index < -0.39 is 0 Å². The van der Waals surface area contributed by atoms with Crippen LogP contribution in [0, 0.1) is 0 Å². The number of hydrogen-bond acceptors (Lipinski definition) is 5. The van der Waals surface area contributed by atoms with Gasteiger partial charge in [-0.05, 0) is 18.2 Å². The van der Waals surface area contributed by atoms with Crippen LogP contribution in [0.25, 0.3) is 0 Å². The van der Waals surface area contributed by atoms with Gasteiger partial charge >= 0.3 is 6.03 Å². The molecular formula is C16H18N4O4. The Morgan fingerprint density at radius 3 is 2.58 bits per heavy atom. The zero-order chi connectivity index (χ0) is 16.9. The van der Waals surface area contributed by atoms with E-state index in [1.165, 1.54) is 6.26 Å². The average molecular weight is 330 g/mol. The third kappa shape index (κ3) is 3.48. The third-order valence-electron chi connectivity index (χ3n) is 3.84. The molecule has 1 saturated heterocycles. The summed E-state index contributed by atoms with van der Waals surface area (Å²) in [5.41, 5.74) is 0.579. The van der Waals surface area contributed by atoms with Gasteiger partial charge in [0.15, 0.2) is 5.82 Å². The lowest BCUT2D eigenvalue weighted by Crippen LogP contribution is -2.51. The van der Waals surface area contributed by atoms with Crippen molar-refractivity contribution >= 4 is 17.8 Å². The highest BCUT2D eigenvalue weighted by Crippen LogP contribution is 2.16. The number of amides is 3. The molecule has 0 atom stereocenters. The molecule has 1 aromatic carbocycles. The zero-order valence-corrected chi connectivity index (χ0v) is 13.3. The second-order valence-corrected chi connectivity index (χ2v) is 5.33. The SMILES string of the molecule is COc1cccc(C(=O)N2CCN(C(=O)Nc3ccon3)CC2)c1. The van der Waals surface area contributed by atoms with Gasteiger partial charge in [-0.3, -0.25) is 10.1 Å². The molecule has 3 amide bonds. The second kappa shape index (κ2) is 7.03. The lowest BCUT2D eigenvalue weighted by atomic mass is 10.1. The predicted octanol–water partition coefficient (Wildman–Crippen LogP) is 1.67. The van der Waals surface area contributed by atoms with Gasteiger partial charge in [0.1, 0.15) is 12.0 Å². The maximum Gasteiger partial charge on any atom is 0.323 e. The first-order valence-corrected chi connectivity index (χ1v) is 7.57. The molecule has 0 saturated carbocycles. The van der Waals surface area contributed by atoms with E-state index in [1.807, 2.05) is 0 Å². The van der Waals surface area contributed by atoms with Gasteiger partial charge in [0.2, 0.25) is 0 Å². The van der Waals surface area contributed by atoms with Gasteiger partial charge in [-0.1, -0.05) is 11.2 Å². The topological polar surface area (TPSA) is 87.9 Å². The van der Waals surface area contributed by atoms with E-state index in [4.69, 9.17) is 4.74 Å². The van der Waals surface area contributed by atoms with Gasteiger partial charge in [-0.15, -0.1) is 0 Å². The Morgan fingerprint density at radius 2 is 1.92 bits per heavy atom. The van der Waals surface area contributed by atoms with Crippen LogP contribution in [-0.2, 0) is 0 Å². The largest absolute Gasteiger partial charge is 0.497 e. The number of nitrogens with zero attached hydrogens (tertiary/aromatic N) is 3. The molecule has 1 N–H and O–H groups in total. The molecule has 2 heterocycles. The van der Waals surface area contributed by atoms with Gasteiger partial charge in [0.25, 0.3) is 5.91 Å². The number of anilines is 1. The van der Waals surface area contributed by atoms with Crippen LogP contribution >= 0.6 is 0 Å². The Balaban J connectivity index is 1.56. The number of methoxy groups -OCH3 is 1. The molecule has 1 fully saturated rings. The van der Waals surface area contributed by atoms with Crippen LogP contribution in [0.5, 0.6) is 5.75 Å². The van der Waals surface area contributed by atoms with E-state index in [0.29, 0.717) is 43.3 Å². The number of carbonyl (C=O) groups is 2. The first kappa shape index (κ1) is 15.9. The number of hydrogen-bond donors (Lipinski definition) is 1. The van der Waals surface area contributed by atoms with Crippen LogP contribution in [-0.4, -0.2) is 60.2 Å². The lowest BCUT2D eigenvalue weighted by Gasteiger charge is -2.34. The maximum absolute atomic E-state index is 12.5. The maximum atomic E-state index is 12.5. The smallest absolute Gasteiger partial charge is 0.323 e. The molecule has 0 unspecified atom stereocenters. The summed E-state index contributed by atoms with van der Waals surface area (Å²) >= 11 is 0. The predicted molar refractivity (Wildman–Crippen MR) is 86.0 cm³/mol. The van der Waals surface area contributed by atoms with Gasteiger partial charge in [0.05, 0.1) is 7.11 Å². The minimum absolute atomic E-state index is 0.0644.